The number of nitrogens with zero attached hydrogens (tertiary/aromatic N) is 2. The molecule has 0 spiro atoms. The second-order valence-corrected chi connectivity index (χ2v) is 6.94. The summed E-state index contributed by atoms with van der Waals surface area (Å²) >= 11 is 0. The smallest absolute Gasteiger partial charge is 0.435 e. The van der Waals surface area contributed by atoms with E-state index in [0.29, 0.717) is 10.6 Å². The molecule has 2 aromatic carbocycles. The molecule has 0 saturated carbocycles. The van der Waals surface area contributed by atoms with Crippen LogP contribution in [0.1, 0.15) is 16.7 Å². The average Bonchev–Trinajstić information content (AvgIpc) is 3.02. The van der Waals surface area contributed by atoms with Gasteiger partial charge in [-0.15, -0.1) is 0 Å². The summed E-state index contributed by atoms with van der Waals surface area (Å²) in [5.74, 6) is -0.978. The number of hydrogen-bond acceptors (Lipinski definition) is 4. The van der Waals surface area contributed by atoms with E-state index in [1.54, 1.807) is 38.1 Å². The van der Waals surface area contributed by atoms with E-state index < -0.39 is 28.8 Å². The van der Waals surface area contributed by atoms with Gasteiger partial charge >= 0.3 is 6.18 Å². The normalized spacial score (nSPS) is 15.9. The molecule has 1 amide bonds. The lowest BCUT2D eigenvalue weighted by Gasteiger charge is -2.10. The van der Waals surface area contributed by atoms with Crippen LogP contribution in [0.2, 0.25) is 0 Å². The third kappa shape index (κ3) is 3.30. The fourth-order valence-electron chi connectivity index (χ4n) is 3.36. The van der Waals surface area contributed by atoms with Crippen LogP contribution >= 0.6 is 0 Å². The number of alkyl halides is 3. The highest BCUT2D eigenvalue weighted by Gasteiger charge is 2.46. The summed E-state index contributed by atoms with van der Waals surface area (Å²) in [6, 6.07) is 11.2. The molecule has 0 unspecified atom stereocenters. The highest BCUT2D eigenvalue weighted by molar-refractivity contribution is 6.34. The van der Waals surface area contributed by atoms with Crippen LogP contribution in [0.25, 0.3) is 17.0 Å². The van der Waals surface area contributed by atoms with Crippen LogP contribution in [0.4, 0.5) is 18.9 Å². The van der Waals surface area contributed by atoms with Gasteiger partial charge in [0, 0.05) is 0 Å². The summed E-state index contributed by atoms with van der Waals surface area (Å²) in [6.45, 7) is 3.56. The second kappa shape index (κ2) is 6.98. The van der Waals surface area contributed by atoms with E-state index in [1.165, 1.54) is 12.1 Å². The molecule has 1 aromatic heterocycles. The Kier molecular flexibility index (Phi) is 4.57. The van der Waals surface area contributed by atoms with Gasteiger partial charge in [-0.3, -0.25) is 9.59 Å². The van der Waals surface area contributed by atoms with Crippen LogP contribution in [0.3, 0.4) is 0 Å². The quantitative estimate of drug-likeness (QED) is 0.570. The molecule has 0 N–H and O–H groups in total. The first kappa shape index (κ1) is 19.6. The summed E-state index contributed by atoms with van der Waals surface area (Å²) < 4.78 is 46.2. The molecule has 0 fully saturated rings. The first-order valence-electron chi connectivity index (χ1n) is 8.97. The van der Waals surface area contributed by atoms with E-state index >= 15 is 0 Å². The van der Waals surface area contributed by atoms with E-state index in [-0.39, 0.29) is 16.6 Å². The number of para-hydroxylation sites is 1. The van der Waals surface area contributed by atoms with E-state index in [1.807, 2.05) is 6.07 Å². The number of anilines is 1. The zero-order valence-electron chi connectivity index (χ0n) is 15.9. The summed E-state index contributed by atoms with van der Waals surface area (Å²) in [5.41, 5.74) is -0.706. The number of halogens is 3. The standard InChI is InChI=1S/C22H15F3N2O3/c1-12-8-13(2)19-16(9-12)18(28)14(11-30-19)10-17-20(22(23,24)25)26-27(21(17)29)15-6-4-3-5-7-15/h3-11H,1-2H3/b17-10-. The summed E-state index contributed by atoms with van der Waals surface area (Å²) in [7, 11) is 0. The minimum atomic E-state index is -4.88. The predicted molar refractivity (Wildman–Crippen MR) is 107 cm³/mol. The van der Waals surface area contributed by atoms with Gasteiger partial charge in [-0.05, 0) is 49.2 Å². The minimum absolute atomic E-state index is 0.164. The van der Waals surface area contributed by atoms with Crippen molar-refractivity contribution in [2.45, 2.75) is 20.0 Å². The number of aryl methyl sites for hydroxylation is 2. The van der Waals surface area contributed by atoms with E-state index in [2.05, 4.69) is 5.10 Å². The topological polar surface area (TPSA) is 62.9 Å². The maximum atomic E-state index is 13.6. The molecule has 1 aliphatic heterocycles. The summed E-state index contributed by atoms with van der Waals surface area (Å²) in [5, 5.41) is 4.39. The van der Waals surface area contributed by atoms with Crippen LogP contribution in [-0.2, 0) is 4.79 Å². The van der Waals surface area contributed by atoms with Crippen molar-refractivity contribution in [1.82, 2.24) is 0 Å². The van der Waals surface area contributed by atoms with E-state index in [4.69, 9.17) is 4.42 Å². The Morgan fingerprint density at radius 3 is 2.43 bits per heavy atom. The van der Waals surface area contributed by atoms with Gasteiger partial charge in [-0.25, -0.2) is 0 Å². The van der Waals surface area contributed by atoms with Crippen LogP contribution in [0.15, 0.2) is 68.6 Å². The molecule has 0 aliphatic carbocycles. The van der Waals surface area contributed by atoms with Crippen molar-refractivity contribution in [2.75, 3.05) is 5.01 Å². The average molecular weight is 412 g/mol. The lowest BCUT2D eigenvalue weighted by Crippen LogP contribution is -2.25. The molecule has 2 heterocycles. The van der Waals surface area contributed by atoms with Crippen molar-refractivity contribution in [3.63, 3.8) is 0 Å². The summed E-state index contributed by atoms with van der Waals surface area (Å²) in [6.07, 6.45) is -2.93. The number of rotatable bonds is 2. The molecule has 152 valence electrons. The Labute approximate surface area is 168 Å². The molecule has 30 heavy (non-hydrogen) atoms. The number of hydrazone groups is 1. The molecular formula is C22H15F3N2O3. The van der Waals surface area contributed by atoms with Crippen LogP contribution in [0, 0.1) is 13.8 Å². The van der Waals surface area contributed by atoms with Crippen molar-refractivity contribution >= 4 is 34.4 Å². The van der Waals surface area contributed by atoms with Crippen molar-refractivity contribution in [3.05, 3.63) is 81.2 Å². The molecule has 4 rings (SSSR count). The van der Waals surface area contributed by atoms with Crippen molar-refractivity contribution in [2.24, 2.45) is 5.10 Å². The lowest BCUT2D eigenvalue weighted by molar-refractivity contribution is -0.114. The van der Waals surface area contributed by atoms with Gasteiger partial charge < -0.3 is 4.42 Å². The number of fused-ring (bicyclic) bond motifs is 1. The highest BCUT2D eigenvalue weighted by atomic mass is 19.4. The Hall–Kier alpha value is -3.68. The van der Waals surface area contributed by atoms with Crippen LogP contribution in [-0.4, -0.2) is 17.8 Å². The van der Waals surface area contributed by atoms with Crippen molar-refractivity contribution in [1.29, 1.82) is 0 Å². The molecule has 0 saturated heterocycles. The van der Waals surface area contributed by atoms with Gasteiger partial charge in [0.1, 0.15) is 11.8 Å². The maximum Gasteiger partial charge on any atom is 0.435 e. The second-order valence-electron chi connectivity index (χ2n) is 6.94. The third-order valence-electron chi connectivity index (χ3n) is 4.68. The molecule has 1 aliphatic rings. The number of carbonyl (C=O) groups is 1. The predicted octanol–water partition coefficient (Wildman–Crippen LogP) is 4.76. The zero-order valence-corrected chi connectivity index (χ0v) is 15.9. The molecular weight excluding hydrogens is 397 g/mol. The fraction of sp³-hybridized carbons (Fsp3) is 0.136. The van der Waals surface area contributed by atoms with Gasteiger partial charge in [-0.1, -0.05) is 24.3 Å². The Bertz CT molecular complexity index is 1290. The summed E-state index contributed by atoms with van der Waals surface area (Å²) in [4.78, 5) is 25.6. The molecule has 8 heteroatoms. The fourth-order valence-corrected chi connectivity index (χ4v) is 3.36. The first-order chi connectivity index (χ1) is 14.2. The SMILES string of the molecule is Cc1cc(C)c2occ(/C=C3\C(=O)N(c4ccccc4)N=C3C(F)(F)F)c(=O)c2c1. The van der Waals surface area contributed by atoms with E-state index in [9.17, 15) is 22.8 Å². The van der Waals surface area contributed by atoms with Gasteiger partial charge in [0.05, 0.1) is 22.2 Å². The largest absolute Gasteiger partial charge is 0.463 e. The zero-order chi connectivity index (χ0) is 21.6. The lowest BCUT2D eigenvalue weighted by atomic mass is 10.0. The van der Waals surface area contributed by atoms with Gasteiger partial charge in [0.2, 0.25) is 0 Å². The first-order valence-corrected chi connectivity index (χ1v) is 8.97. The van der Waals surface area contributed by atoms with Crippen molar-refractivity contribution in [3.8, 4) is 0 Å². The van der Waals surface area contributed by atoms with Gasteiger partial charge in [0.15, 0.2) is 11.1 Å². The number of amides is 1. The Morgan fingerprint density at radius 1 is 1.07 bits per heavy atom. The Morgan fingerprint density at radius 2 is 1.77 bits per heavy atom. The van der Waals surface area contributed by atoms with E-state index in [0.717, 1.165) is 23.5 Å². The molecule has 0 atom stereocenters. The molecule has 0 bridgehead atoms. The maximum absolute atomic E-state index is 13.6. The number of hydrogen-bond donors (Lipinski definition) is 0. The van der Waals surface area contributed by atoms with Crippen LogP contribution in [0.5, 0.6) is 0 Å². The highest BCUT2D eigenvalue weighted by Crippen LogP contribution is 2.32. The van der Waals surface area contributed by atoms with Gasteiger partial charge in [-0.2, -0.15) is 23.3 Å². The number of benzene rings is 2. The molecule has 0 radical (unpaired) electrons. The van der Waals surface area contributed by atoms with Gasteiger partial charge in [0.25, 0.3) is 5.91 Å². The van der Waals surface area contributed by atoms with Crippen LogP contribution < -0.4 is 10.4 Å². The number of carbonyl (C=O) groups excluding carboxylic acids is 1. The minimum Gasteiger partial charge on any atom is -0.463 e. The molecule has 5 nitrogen and oxygen atoms in total. The monoisotopic (exact) mass is 412 g/mol. The molecule has 3 aromatic rings. The van der Waals surface area contributed by atoms with Crippen molar-refractivity contribution < 1.29 is 22.4 Å². The Balaban J connectivity index is 1.88. The third-order valence-corrected chi connectivity index (χ3v) is 4.68.